The van der Waals surface area contributed by atoms with E-state index in [9.17, 15) is 9.59 Å². The highest BCUT2D eigenvalue weighted by Gasteiger charge is 2.29. The van der Waals surface area contributed by atoms with Gasteiger partial charge in [0.15, 0.2) is 0 Å². The van der Waals surface area contributed by atoms with Crippen LogP contribution in [0.1, 0.15) is 34.1 Å². The van der Waals surface area contributed by atoms with Gasteiger partial charge in [-0.25, -0.2) is 4.79 Å². The van der Waals surface area contributed by atoms with Crippen molar-refractivity contribution in [3.8, 4) is 0 Å². The summed E-state index contributed by atoms with van der Waals surface area (Å²) in [5.74, 6) is -0.0569. The highest BCUT2D eigenvalue weighted by atomic mass is 16.6. The lowest BCUT2D eigenvalue weighted by Gasteiger charge is -2.34. The zero-order valence-electron chi connectivity index (χ0n) is 12.2. The molecule has 1 unspecified atom stereocenters. The Morgan fingerprint density at radius 2 is 2.11 bits per heavy atom. The maximum atomic E-state index is 11.9. The van der Waals surface area contributed by atoms with E-state index in [1.54, 1.807) is 4.90 Å². The molecule has 0 aliphatic carbocycles. The van der Waals surface area contributed by atoms with Crippen LogP contribution in [0.3, 0.4) is 0 Å². The van der Waals surface area contributed by atoms with Gasteiger partial charge in [0.25, 0.3) is 0 Å². The summed E-state index contributed by atoms with van der Waals surface area (Å²) in [4.78, 5) is 25.0. The Morgan fingerprint density at radius 3 is 2.68 bits per heavy atom. The molecule has 1 aliphatic rings. The van der Waals surface area contributed by atoms with Crippen molar-refractivity contribution in [1.29, 1.82) is 0 Å². The van der Waals surface area contributed by atoms with Crippen molar-refractivity contribution < 1.29 is 19.1 Å². The van der Waals surface area contributed by atoms with Crippen LogP contribution < -0.4 is 5.32 Å². The van der Waals surface area contributed by atoms with E-state index >= 15 is 0 Å². The van der Waals surface area contributed by atoms with Gasteiger partial charge in [-0.15, -0.1) is 0 Å². The summed E-state index contributed by atoms with van der Waals surface area (Å²) in [6.07, 6.45) is -0.336. The molecular weight excluding hydrogens is 248 g/mol. The molecule has 1 atom stereocenters. The highest BCUT2D eigenvalue weighted by Crippen LogP contribution is 2.14. The Bertz CT molecular complexity index is 325. The second-order valence-corrected chi connectivity index (χ2v) is 5.58. The van der Waals surface area contributed by atoms with E-state index < -0.39 is 5.60 Å². The van der Waals surface area contributed by atoms with Crippen LogP contribution in [0, 0.1) is 0 Å². The Kier molecular flexibility index (Phi) is 5.60. The Hall–Kier alpha value is -1.30. The topological polar surface area (TPSA) is 67.9 Å². The highest BCUT2D eigenvalue weighted by molar-refractivity contribution is 5.76. The van der Waals surface area contributed by atoms with Crippen molar-refractivity contribution >= 4 is 12.0 Å². The van der Waals surface area contributed by atoms with E-state index in [1.165, 1.54) is 0 Å². The minimum absolute atomic E-state index is 0.0569. The second-order valence-electron chi connectivity index (χ2n) is 5.58. The summed E-state index contributed by atoms with van der Waals surface area (Å²) >= 11 is 0. The molecule has 1 fully saturated rings. The fraction of sp³-hybridized carbons (Fsp3) is 0.846. The monoisotopic (exact) mass is 272 g/mol. The van der Waals surface area contributed by atoms with E-state index in [0.29, 0.717) is 26.2 Å². The third kappa shape index (κ3) is 5.92. The smallest absolute Gasteiger partial charge is 0.410 e. The van der Waals surface area contributed by atoms with Gasteiger partial charge in [0, 0.05) is 13.1 Å². The van der Waals surface area contributed by atoms with Gasteiger partial charge in [0.2, 0.25) is 5.91 Å². The van der Waals surface area contributed by atoms with Gasteiger partial charge in [-0.05, 0) is 27.7 Å². The normalized spacial score (nSPS) is 20.0. The van der Waals surface area contributed by atoms with Crippen molar-refractivity contribution in [2.24, 2.45) is 0 Å². The molecule has 1 rings (SSSR count). The van der Waals surface area contributed by atoms with Gasteiger partial charge >= 0.3 is 6.09 Å². The van der Waals surface area contributed by atoms with Crippen molar-refractivity contribution in [1.82, 2.24) is 10.2 Å². The quantitative estimate of drug-likeness (QED) is 0.837. The molecule has 19 heavy (non-hydrogen) atoms. The van der Waals surface area contributed by atoms with Gasteiger partial charge in [-0.3, -0.25) is 4.79 Å². The minimum Gasteiger partial charge on any atom is -0.444 e. The zero-order chi connectivity index (χ0) is 14.5. The molecule has 0 aromatic heterocycles. The standard InChI is InChI=1S/C13H24N2O4/c1-5-14-11(16)8-10-9-15(6-7-18-10)12(17)19-13(2,3)4/h10H,5-9H2,1-4H3,(H,14,16). The predicted octanol–water partition coefficient (Wildman–Crippen LogP) is 1.15. The number of morpholine rings is 1. The summed E-state index contributed by atoms with van der Waals surface area (Å²) < 4.78 is 10.8. The van der Waals surface area contributed by atoms with E-state index in [2.05, 4.69) is 5.32 Å². The molecule has 0 spiro atoms. The first-order valence-electron chi connectivity index (χ1n) is 6.68. The molecular formula is C13H24N2O4. The van der Waals surface area contributed by atoms with Crippen LogP contribution in [0.2, 0.25) is 0 Å². The van der Waals surface area contributed by atoms with Gasteiger partial charge in [-0.1, -0.05) is 0 Å². The molecule has 0 saturated carbocycles. The first-order chi connectivity index (χ1) is 8.81. The van der Waals surface area contributed by atoms with Crippen molar-refractivity contribution in [2.45, 2.75) is 45.8 Å². The number of hydrogen-bond donors (Lipinski definition) is 1. The number of amides is 2. The number of ether oxygens (including phenoxy) is 2. The minimum atomic E-state index is -0.509. The summed E-state index contributed by atoms with van der Waals surface area (Å²) in [5.41, 5.74) is -0.509. The molecule has 6 nitrogen and oxygen atoms in total. The number of rotatable bonds is 3. The lowest BCUT2D eigenvalue weighted by Crippen LogP contribution is -2.48. The molecule has 2 amide bonds. The van der Waals surface area contributed by atoms with E-state index in [4.69, 9.17) is 9.47 Å². The Morgan fingerprint density at radius 1 is 1.42 bits per heavy atom. The summed E-state index contributed by atoms with van der Waals surface area (Å²) in [6.45, 7) is 9.29. The molecule has 0 bridgehead atoms. The largest absolute Gasteiger partial charge is 0.444 e. The molecule has 0 aromatic carbocycles. The van der Waals surface area contributed by atoms with Crippen LogP contribution in [0.25, 0.3) is 0 Å². The molecule has 0 aromatic rings. The molecule has 1 saturated heterocycles. The fourth-order valence-corrected chi connectivity index (χ4v) is 1.81. The van der Waals surface area contributed by atoms with Gasteiger partial charge in [-0.2, -0.15) is 0 Å². The third-order valence-electron chi connectivity index (χ3n) is 2.58. The summed E-state index contributed by atoms with van der Waals surface area (Å²) in [6, 6.07) is 0. The number of nitrogens with one attached hydrogen (secondary N) is 1. The van der Waals surface area contributed by atoms with Gasteiger partial charge in [0.1, 0.15) is 5.60 Å². The van der Waals surface area contributed by atoms with Crippen molar-refractivity contribution in [3.63, 3.8) is 0 Å². The van der Waals surface area contributed by atoms with Crippen molar-refractivity contribution in [2.75, 3.05) is 26.2 Å². The predicted molar refractivity (Wildman–Crippen MR) is 70.8 cm³/mol. The molecule has 1 heterocycles. The first kappa shape index (κ1) is 15.8. The van der Waals surface area contributed by atoms with Crippen LogP contribution in [-0.2, 0) is 14.3 Å². The number of nitrogens with zero attached hydrogens (tertiary/aromatic N) is 1. The maximum Gasteiger partial charge on any atom is 0.410 e. The number of carbonyl (C=O) groups is 2. The van der Waals surface area contributed by atoms with Gasteiger partial charge < -0.3 is 19.7 Å². The maximum absolute atomic E-state index is 11.9. The zero-order valence-corrected chi connectivity index (χ0v) is 12.2. The molecule has 1 N–H and O–H groups in total. The number of carbonyl (C=O) groups excluding carboxylic acids is 2. The Labute approximate surface area is 114 Å². The lowest BCUT2D eigenvalue weighted by atomic mass is 10.2. The molecule has 1 aliphatic heterocycles. The SMILES string of the molecule is CCNC(=O)CC1CN(C(=O)OC(C)(C)C)CCO1. The first-order valence-corrected chi connectivity index (χ1v) is 6.68. The summed E-state index contributed by atoms with van der Waals surface area (Å²) in [7, 11) is 0. The van der Waals surface area contributed by atoms with Crippen LogP contribution in [-0.4, -0.2) is 54.8 Å². The lowest BCUT2D eigenvalue weighted by molar-refractivity contribution is -0.125. The second kappa shape index (κ2) is 6.75. The van der Waals surface area contributed by atoms with Crippen LogP contribution >= 0.6 is 0 Å². The summed E-state index contributed by atoms with van der Waals surface area (Å²) in [5, 5.41) is 2.72. The molecule has 6 heteroatoms. The average molecular weight is 272 g/mol. The average Bonchev–Trinajstić information content (AvgIpc) is 2.27. The van der Waals surface area contributed by atoms with E-state index in [0.717, 1.165) is 0 Å². The van der Waals surface area contributed by atoms with E-state index in [-0.39, 0.29) is 24.5 Å². The number of hydrogen-bond acceptors (Lipinski definition) is 4. The van der Waals surface area contributed by atoms with E-state index in [1.807, 2.05) is 27.7 Å². The molecule has 0 radical (unpaired) electrons. The Balaban J connectivity index is 2.45. The third-order valence-corrected chi connectivity index (χ3v) is 2.58. The van der Waals surface area contributed by atoms with Crippen LogP contribution in [0.15, 0.2) is 0 Å². The van der Waals surface area contributed by atoms with Gasteiger partial charge in [0.05, 0.1) is 25.7 Å². The van der Waals surface area contributed by atoms with Crippen LogP contribution in [0.4, 0.5) is 4.79 Å². The molecule has 110 valence electrons. The van der Waals surface area contributed by atoms with Crippen molar-refractivity contribution in [3.05, 3.63) is 0 Å². The van der Waals surface area contributed by atoms with Crippen LogP contribution in [0.5, 0.6) is 0 Å². The fourth-order valence-electron chi connectivity index (χ4n) is 1.81.